The molecule has 2 heteroatoms. The monoisotopic (exact) mass is 263 g/mol. The van der Waals surface area contributed by atoms with E-state index < -0.39 is 0 Å². The lowest BCUT2D eigenvalue weighted by Crippen LogP contribution is -2.40. The molecule has 2 aromatic rings. The number of ketones is 1. The summed E-state index contributed by atoms with van der Waals surface area (Å²) in [6, 6.07) is 15.0. The van der Waals surface area contributed by atoms with Crippen LogP contribution in [0.3, 0.4) is 0 Å². The molecule has 2 aliphatic heterocycles. The van der Waals surface area contributed by atoms with Crippen molar-refractivity contribution in [2.75, 3.05) is 11.4 Å². The van der Waals surface area contributed by atoms with E-state index in [9.17, 15) is 4.79 Å². The molecule has 0 saturated heterocycles. The van der Waals surface area contributed by atoms with Crippen molar-refractivity contribution >= 4 is 11.5 Å². The molecule has 4 rings (SSSR count). The summed E-state index contributed by atoms with van der Waals surface area (Å²) >= 11 is 0. The van der Waals surface area contributed by atoms with Gasteiger partial charge in [0.15, 0.2) is 5.78 Å². The predicted molar refractivity (Wildman–Crippen MR) is 80.4 cm³/mol. The molecule has 0 fully saturated rings. The van der Waals surface area contributed by atoms with Gasteiger partial charge in [-0.2, -0.15) is 0 Å². The number of fused-ring (bicyclic) bond motifs is 5. The quantitative estimate of drug-likeness (QED) is 0.722. The third kappa shape index (κ3) is 1.61. The zero-order valence-corrected chi connectivity index (χ0v) is 11.6. The zero-order chi connectivity index (χ0) is 13.7. The van der Waals surface area contributed by atoms with Gasteiger partial charge in [-0.1, -0.05) is 30.3 Å². The van der Waals surface area contributed by atoms with Crippen LogP contribution in [-0.4, -0.2) is 12.3 Å². The standard InChI is InChI=1S/C18H17NO/c1-12-6-7-15-16(10-12)19-9-8-13-4-2-3-5-14(13)17(19)11-18(15)20/h2-7,10,17H,8-9,11H2,1H3/t17-/m1/s1. The van der Waals surface area contributed by atoms with E-state index in [1.54, 1.807) is 0 Å². The van der Waals surface area contributed by atoms with Crippen LogP contribution >= 0.6 is 0 Å². The number of aryl methyl sites for hydroxylation is 1. The molecule has 0 aromatic heterocycles. The average Bonchev–Trinajstić information content (AvgIpc) is 2.47. The number of carbonyl (C=O) groups excluding carboxylic acids is 1. The van der Waals surface area contributed by atoms with Gasteiger partial charge >= 0.3 is 0 Å². The first-order valence-electron chi connectivity index (χ1n) is 7.22. The predicted octanol–water partition coefficient (Wildman–Crippen LogP) is 3.69. The van der Waals surface area contributed by atoms with Crippen molar-refractivity contribution in [3.05, 3.63) is 64.7 Å². The summed E-state index contributed by atoms with van der Waals surface area (Å²) in [6.07, 6.45) is 1.67. The molecule has 20 heavy (non-hydrogen) atoms. The van der Waals surface area contributed by atoms with Gasteiger partial charge in [-0.05, 0) is 42.2 Å². The van der Waals surface area contributed by atoms with E-state index in [-0.39, 0.29) is 11.8 Å². The van der Waals surface area contributed by atoms with Crippen LogP contribution in [0.4, 0.5) is 5.69 Å². The lowest BCUT2D eigenvalue weighted by atomic mass is 9.84. The highest BCUT2D eigenvalue weighted by molar-refractivity contribution is 6.04. The van der Waals surface area contributed by atoms with Crippen molar-refractivity contribution in [2.24, 2.45) is 0 Å². The van der Waals surface area contributed by atoms with E-state index >= 15 is 0 Å². The van der Waals surface area contributed by atoms with Crippen LogP contribution in [0, 0.1) is 6.92 Å². The number of benzene rings is 2. The van der Waals surface area contributed by atoms with Crippen LogP contribution in [0.2, 0.25) is 0 Å². The SMILES string of the molecule is Cc1ccc2c(c1)N1CCc3ccccc3[C@H]1CC2=O. The third-order valence-corrected chi connectivity index (χ3v) is 4.55. The molecule has 0 N–H and O–H groups in total. The molecule has 0 saturated carbocycles. The lowest BCUT2D eigenvalue weighted by Gasteiger charge is -2.42. The van der Waals surface area contributed by atoms with Gasteiger partial charge < -0.3 is 4.90 Å². The molecular weight excluding hydrogens is 246 g/mol. The van der Waals surface area contributed by atoms with Crippen molar-refractivity contribution in [1.82, 2.24) is 0 Å². The van der Waals surface area contributed by atoms with Crippen molar-refractivity contribution in [2.45, 2.75) is 25.8 Å². The second-order valence-electron chi connectivity index (χ2n) is 5.81. The lowest BCUT2D eigenvalue weighted by molar-refractivity contribution is 0.0965. The Morgan fingerprint density at radius 3 is 2.90 bits per heavy atom. The summed E-state index contributed by atoms with van der Waals surface area (Å²) in [7, 11) is 0. The number of hydrogen-bond acceptors (Lipinski definition) is 2. The fraction of sp³-hybridized carbons (Fsp3) is 0.278. The first-order valence-corrected chi connectivity index (χ1v) is 7.22. The number of Topliss-reactive ketones (excluding diaryl/α,β-unsaturated/α-hetero) is 1. The van der Waals surface area contributed by atoms with Crippen LogP contribution < -0.4 is 4.90 Å². The number of hydrogen-bond donors (Lipinski definition) is 0. The van der Waals surface area contributed by atoms with E-state index in [1.165, 1.54) is 16.7 Å². The molecule has 2 heterocycles. The van der Waals surface area contributed by atoms with E-state index in [0.29, 0.717) is 6.42 Å². The summed E-state index contributed by atoms with van der Waals surface area (Å²) in [5.41, 5.74) is 5.97. The first-order chi connectivity index (χ1) is 9.74. The molecule has 0 spiro atoms. The normalized spacial score (nSPS) is 20.1. The van der Waals surface area contributed by atoms with Gasteiger partial charge in [-0.25, -0.2) is 0 Å². The van der Waals surface area contributed by atoms with Gasteiger partial charge in [0.05, 0.1) is 6.04 Å². The molecule has 2 aromatic carbocycles. The highest BCUT2D eigenvalue weighted by Crippen LogP contribution is 2.42. The maximum Gasteiger partial charge on any atom is 0.167 e. The fourth-order valence-electron chi connectivity index (χ4n) is 3.56. The average molecular weight is 263 g/mol. The van der Waals surface area contributed by atoms with Crippen molar-refractivity contribution in [1.29, 1.82) is 0 Å². The van der Waals surface area contributed by atoms with Crippen molar-refractivity contribution < 1.29 is 4.79 Å². The molecule has 0 amide bonds. The zero-order valence-electron chi connectivity index (χ0n) is 11.6. The Hall–Kier alpha value is -2.09. The third-order valence-electron chi connectivity index (χ3n) is 4.55. The molecular formula is C18H17NO. The van der Waals surface area contributed by atoms with Crippen molar-refractivity contribution in [3.63, 3.8) is 0 Å². The second-order valence-corrected chi connectivity index (χ2v) is 5.81. The van der Waals surface area contributed by atoms with E-state index in [0.717, 1.165) is 24.2 Å². The molecule has 2 nitrogen and oxygen atoms in total. The summed E-state index contributed by atoms with van der Waals surface area (Å²) in [5.74, 6) is 0.276. The topological polar surface area (TPSA) is 20.3 Å². The van der Waals surface area contributed by atoms with Gasteiger partial charge in [0.2, 0.25) is 0 Å². The van der Waals surface area contributed by atoms with Gasteiger partial charge in [-0.3, -0.25) is 4.79 Å². The van der Waals surface area contributed by atoms with Crippen LogP contribution in [-0.2, 0) is 6.42 Å². The molecule has 0 bridgehead atoms. The summed E-state index contributed by atoms with van der Waals surface area (Å²) in [5, 5.41) is 0. The summed E-state index contributed by atoms with van der Waals surface area (Å²) in [4.78, 5) is 14.9. The molecule has 1 atom stereocenters. The number of anilines is 1. The maximum absolute atomic E-state index is 12.4. The molecule has 0 aliphatic carbocycles. The largest absolute Gasteiger partial charge is 0.363 e. The Labute approximate surface area is 119 Å². The Kier molecular flexibility index (Phi) is 2.46. The van der Waals surface area contributed by atoms with E-state index in [2.05, 4.69) is 42.2 Å². The minimum atomic E-state index is 0.224. The van der Waals surface area contributed by atoms with Crippen LogP contribution in [0.25, 0.3) is 0 Å². The van der Waals surface area contributed by atoms with Crippen LogP contribution in [0.15, 0.2) is 42.5 Å². The van der Waals surface area contributed by atoms with Gasteiger partial charge in [0.1, 0.15) is 0 Å². The Bertz CT molecular complexity index is 704. The Morgan fingerprint density at radius 1 is 1.15 bits per heavy atom. The Morgan fingerprint density at radius 2 is 2.00 bits per heavy atom. The molecule has 0 unspecified atom stereocenters. The molecule has 0 radical (unpaired) electrons. The van der Waals surface area contributed by atoms with E-state index in [4.69, 9.17) is 0 Å². The van der Waals surface area contributed by atoms with Crippen molar-refractivity contribution in [3.8, 4) is 0 Å². The van der Waals surface area contributed by atoms with Gasteiger partial charge in [0, 0.05) is 24.2 Å². The highest BCUT2D eigenvalue weighted by atomic mass is 16.1. The second kappa shape index (κ2) is 4.20. The Balaban J connectivity index is 1.88. The summed E-state index contributed by atoms with van der Waals surface area (Å²) in [6.45, 7) is 3.09. The number of rotatable bonds is 0. The van der Waals surface area contributed by atoms with Gasteiger partial charge in [0.25, 0.3) is 0 Å². The molecule has 100 valence electrons. The summed E-state index contributed by atoms with van der Waals surface area (Å²) < 4.78 is 0. The van der Waals surface area contributed by atoms with E-state index in [1.807, 2.05) is 12.1 Å². The van der Waals surface area contributed by atoms with Crippen LogP contribution in [0.1, 0.15) is 39.5 Å². The fourth-order valence-corrected chi connectivity index (χ4v) is 3.56. The van der Waals surface area contributed by atoms with Crippen LogP contribution in [0.5, 0.6) is 0 Å². The molecule has 2 aliphatic rings. The minimum Gasteiger partial charge on any atom is -0.363 e. The van der Waals surface area contributed by atoms with Gasteiger partial charge in [-0.15, -0.1) is 0 Å². The maximum atomic E-state index is 12.4. The smallest absolute Gasteiger partial charge is 0.167 e. The number of nitrogens with zero attached hydrogens (tertiary/aromatic N) is 1. The number of carbonyl (C=O) groups is 1. The first kappa shape index (κ1) is 11.7. The highest BCUT2D eigenvalue weighted by Gasteiger charge is 2.35. The minimum absolute atomic E-state index is 0.224.